The van der Waals surface area contributed by atoms with Crippen molar-refractivity contribution in [2.24, 2.45) is 0 Å². The van der Waals surface area contributed by atoms with Crippen molar-refractivity contribution in [1.29, 1.82) is 0 Å². The molecule has 0 radical (unpaired) electrons. The van der Waals surface area contributed by atoms with Crippen molar-refractivity contribution in [1.82, 2.24) is 0 Å². The summed E-state index contributed by atoms with van der Waals surface area (Å²) in [7, 11) is 0. The zero-order valence-corrected chi connectivity index (χ0v) is 10.6. The van der Waals surface area contributed by atoms with Crippen LogP contribution in [0, 0.1) is 20.8 Å². The highest BCUT2D eigenvalue weighted by atomic mass is 35.5. The summed E-state index contributed by atoms with van der Waals surface area (Å²) in [5.41, 5.74) is 6.12. The van der Waals surface area contributed by atoms with E-state index < -0.39 is 0 Å². The van der Waals surface area contributed by atoms with Gasteiger partial charge in [0.25, 0.3) is 0 Å². The molecular weight excluding hydrogens is 216 g/mol. The van der Waals surface area contributed by atoms with E-state index in [9.17, 15) is 0 Å². The molecule has 0 heterocycles. The first-order valence-corrected chi connectivity index (χ1v) is 5.79. The summed E-state index contributed by atoms with van der Waals surface area (Å²) >= 11 is 6.26. The van der Waals surface area contributed by atoms with Crippen molar-refractivity contribution in [3.8, 4) is 11.1 Å². The molecule has 0 atom stereocenters. The molecule has 2 rings (SSSR count). The fourth-order valence-corrected chi connectivity index (χ4v) is 2.09. The highest BCUT2D eigenvalue weighted by Gasteiger charge is 2.06. The Morgan fingerprint density at radius 1 is 0.750 bits per heavy atom. The summed E-state index contributed by atoms with van der Waals surface area (Å²) < 4.78 is 0. The molecule has 0 unspecified atom stereocenters. The quantitative estimate of drug-likeness (QED) is 0.652. The third-order valence-corrected chi connectivity index (χ3v) is 3.13. The molecule has 2 aromatic rings. The summed E-state index contributed by atoms with van der Waals surface area (Å²) in [4.78, 5) is 0. The van der Waals surface area contributed by atoms with Crippen LogP contribution in [0.15, 0.2) is 36.4 Å². The first kappa shape index (κ1) is 11.2. The van der Waals surface area contributed by atoms with E-state index in [1.807, 2.05) is 12.1 Å². The van der Waals surface area contributed by atoms with E-state index in [4.69, 9.17) is 11.6 Å². The Bertz CT molecular complexity index is 477. The minimum absolute atomic E-state index is 0.819. The fourth-order valence-electron chi connectivity index (χ4n) is 1.87. The van der Waals surface area contributed by atoms with Crippen molar-refractivity contribution in [2.45, 2.75) is 20.8 Å². The van der Waals surface area contributed by atoms with Gasteiger partial charge in [0.2, 0.25) is 0 Å². The summed E-state index contributed by atoms with van der Waals surface area (Å²) in [6.07, 6.45) is 0. The maximum Gasteiger partial charge on any atom is 0.0484 e. The van der Waals surface area contributed by atoms with Gasteiger partial charge in [-0.05, 0) is 44.0 Å². The minimum atomic E-state index is 0.819. The topological polar surface area (TPSA) is 0 Å². The van der Waals surface area contributed by atoms with E-state index in [0.717, 1.165) is 10.6 Å². The van der Waals surface area contributed by atoms with E-state index in [2.05, 4.69) is 45.0 Å². The van der Waals surface area contributed by atoms with Gasteiger partial charge in [0, 0.05) is 10.6 Å². The van der Waals surface area contributed by atoms with Gasteiger partial charge >= 0.3 is 0 Å². The van der Waals surface area contributed by atoms with Crippen LogP contribution in [0.2, 0.25) is 5.02 Å². The van der Waals surface area contributed by atoms with Gasteiger partial charge in [-0.15, -0.1) is 0 Å². The van der Waals surface area contributed by atoms with Crippen LogP contribution in [-0.4, -0.2) is 0 Å². The Hall–Kier alpha value is -1.27. The Morgan fingerprint density at radius 3 is 2.00 bits per heavy atom. The Kier molecular flexibility index (Phi) is 3.02. The van der Waals surface area contributed by atoms with Crippen LogP contribution in [-0.2, 0) is 0 Å². The molecular formula is C15H15Cl. The summed E-state index contributed by atoms with van der Waals surface area (Å²) in [6, 6.07) is 12.6. The summed E-state index contributed by atoms with van der Waals surface area (Å²) in [5, 5.41) is 0.819. The van der Waals surface area contributed by atoms with Gasteiger partial charge in [0.05, 0.1) is 0 Å². The SMILES string of the molecule is Cc1ccc(C)c(-c2cc(C)ccc2Cl)c1. The summed E-state index contributed by atoms with van der Waals surface area (Å²) in [5.74, 6) is 0. The lowest BCUT2D eigenvalue weighted by Crippen LogP contribution is -1.87. The maximum atomic E-state index is 6.26. The van der Waals surface area contributed by atoms with Crippen molar-refractivity contribution in [3.05, 3.63) is 58.1 Å². The zero-order valence-electron chi connectivity index (χ0n) is 9.84. The average molecular weight is 231 g/mol. The highest BCUT2D eigenvalue weighted by molar-refractivity contribution is 6.33. The van der Waals surface area contributed by atoms with E-state index in [-0.39, 0.29) is 0 Å². The molecule has 0 aliphatic heterocycles. The third-order valence-electron chi connectivity index (χ3n) is 2.81. The number of hydrogen-bond acceptors (Lipinski definition) is 0. The molecule has 0 N–H and O–H groups in total. The molecule has 0 aromatic heterocycles. The summed E-state index contributed by atoms with van der Waals surface area (Å²) in [6.45, 7) is 6.31. The predicted molar refractivity (Wildman–Crippen MR) is 71.1 cm³/mol. The Balaban J connectivity index is 2.66. The molecule has 2 aromatic carbocycles. The number of hydrogen-bond donors (Lipinski definition) is 0. The molecule has 0 nitrogen and oxygen atoms in total. The average Bonchev–Trinajstić information content (AvgIpc) is 2.25. The number of benzene rings is 2. The number of rotatable bonds is 1. The first-order chi connectivity index (χ1) is 7.58. The van der Waals surface area contributed by atoms with Crippen molar-refractivity contribution < 1.29 is 0 Å². The van der Waals surface area contributed by atoms with Crippen LogP contribution in [0.4, 0.5) is 0 Å². The van der Waals surface area contributed by atoms with Crippen LogP contribution in [0.25, 0.3) is 11.1 Å². The van der Waals surface area contributed by atoms with Crippen molar-refractivity contribution in [2.75, 3.05) is 0 Å². The van der Waals surface area contributed by atoms with Gasteiger partial charge < -0.3 is 0 Å². The van der Waals surface area contributed by atoms with Crippen LogP contribution < -0.4 is 0 Å². The van der Waals surface area contributed by atoms with Gasteiger partial charge in [0.1, 0.15) is 0 Å². The third kappa shape index (κ3) is 2.12. The fraction of sp³-hybridized carbons (Fsp3) is 0.200. The lowest BCUT2D eigenvalue weighted by atomic mass is 9.97. The number of halogens is 1. The van der Waals surface area contributed by atoms with Gasteiger partial charge in [-0.1, -0.05) is 47.0 Å². The largest absolute Gasteiger partial charge is 0.0837 e. The van der Waals surface area contributed by atoms with E-state index in [1.165, 1.54) is 22.3 Å². The van der Waals surface area contributed by atoms with Crippen LogP contribution >= 0.6 is 11.6 Å². The van der Waals surface area contributed by atoms with Crippen LogP contribution in [0.1, 0.15) is 16.7 Å². The number of aryl methyl sites for hydroxylation is 3. The molecule has 0 aliphatic carbocycles. The van der Waals surface area contributed by atoms with Gasteiger partial charge in [-0.2, -0.15) is 0 Å². The lowest BCUT2D eigenvalue weighted by molar-refractivity contribution is 1.38. The molecule has 82 valence electrons. The second kappa shape index (κ2) is 4.31. The van der Waals surface area contributed by atoms with Gasteiger partial charge in [-0.25, -0.2) is 0 Å². The first-order valence-electron chi connectivity index (χ1n) is 5.42. The highest BCUT2D eigenvalue weighted by Crippen LogP contribution is 2.31. The Labute approximate surface area is 102 Å². The molecule has 0 spiro atoms. The molecule has 0 fully saturated rings. The van der Waals surface area contributed by atoms with Crippen LogP contribution in [0.5, 0.6) is 0 Å². The van der Waals surface area contributed by atoms with Crippen molar-refractivity contribution in [3.63, 3.8) is 0 Å². The molecule has 1 heteroatoms. The van der Waals surface area contributed by atoms with E-state index in [1.54, 1.807) is 0 Å². The molecule has 0 saturated heterocycles. The molecule has 0 aliphatic rings. The van der Waals surface area contributed by atoms with Gasteiger partial charge in [-0.3, -0.25) is 0 Å². The molecule has 0 amide bonds. The molecule has 0 bridgehead atoms. The minimum Gasteiger partial charge on any atom is -0.0837 e. The van der Waals surface area contributed by atoms with Crippen molar-refractivity contribution >= 4 is 11.6 Å². The normalized spacial score (nSPS) is 10.5. The monoisotopic (exact) mass is 230 g/mol. The van der Waals surface area contributed by atoms with E-state index in [0.29, 0.717) is 0 Å². The van der Waals surface area contributed by atoms with E-state index >= 15 is 0 Å². The second-order valence-electron chi connectivity index (χ2n) is 4.30. The molecule has 0 saturated carbocycles. The second-order valence-corrected chi connectivity index (χ2v) is 4.71. The maximum absolute atomic E-state index is 6.26. The van der Waals surface area contributed by atoms with Crippen LogP contribution in [0.3, 0.4) is 0 Å². The zero-order chi connectivity index (χ0) is 11.7. The Morgan fingerprint density at radius 2 is 1.31 bits per heavy atom. The van der Waals surface area contributed by atoms with Gasteiger partial charge in [0.15, 0.2) is 0 Å². The smallest absolute Gasteiger partial charge is 0.0484 e. The molecule has 16 heavy (non-hydrogen) atoms. The lowest BCUT2D eigenvalue weighted by Gasteiger charge is -2.10. The predicted octanol–water partition coefficient (Wildman–Crippen LogP) is 4.93. The standard InChI is InChI=1S/C15H15Cl/c1-10-4-6-12(3)13(8-10)14-9-11(2)5-7-15(14)16/h4-9H,1-3H3.